The minimum Gasteiger partial charge on any atom is -0.324 e. The molecule has 78 valence electrons. The summed E-state index contributed by atoms with van der Waals surface area (Å²) in [5.41, 5.74) is 7.24. The topological polar surface area (TPSA) is 26.0 Å². The first-order valence-electron chi connectivity index (χ1n) is 4.53. The highest BCUT2D eigenvalue weighted by molar-refractivity contribution is 9.10. The van der Waals surface area contributed by atoms with E-state index in [2.05, 4.69) is 36.7 Å². The van der Waals surface area contributed by atoms with Gasteiger partial charge < -0.3 is 5.73 Å². The average molecular weight is 277 g/mol. The molecule has 0 aliphatic heterocycles. The predicted octanol–water partition coefficient (Wildman–Crippen LogP) is 4.15. The molecule has 2 N–H and O–H groups in total. The van der Waals surface area contributed by atoms with Crippen molar-refractivity contribution in [1.29, 1.82) is 0 Å². The molecule has 0 aliphatic carbocycles. The molecular formula is C11H15BrClN. The van der Waals surface area contributed by atoms with Crippen LogP contribution in [0.5, 0.6) is 0 Å². The van der Waals surface area contributed by atoms with Crippen LogP contribution in [-0.2, 0) is 0 Å². The molecule has 1 aromatic carbocycles. The SMILES string of the molecule is CC(C)(C)[C@@H](N)c1ccc(Br)c(Cl)c1. The molecule has 1 atom stereocenters. The summed E-state index contributed by atoms with van der Waals surface area (Å²) in [5.74, 6) is 0. The number of benzene rings is 1. The van der Waals surface area contributed by atoms with Gasteiger partial charge in [0.2, 0.25) is 0 Å². The highest BCUT2D eigenvalue weighted by atomic mass is 79.9. The van der Waals surface area contributed by atoms with Crippen LogP contribution >= 0.6 is 27.5 Å². The Labute approximate surface area is 98.8 Å². The highest BCUT2D eigenvalue weighted by Gasteiger charge is 2.22. The van der Waals surface area contributed by atoms with Crippen LogP contribution < -0.4 is 5.73 Å². The maximum Gasteiger partial charge on any atom is 0.0551 e. The van der Waals surface area contributed by atoms with Gasteiger partial charge in [-0.1, -0.05) is 38.4 Å². The van der Waals surface area contributed by atoms with E-state index in [1.807, 2.05) is 18.2 Å². The van der Waals surface area contributed by atoms with E-state index >= 15 is 0 Å². The van der Waals surface area contributed by atoms with Gasteiger partial charge in [0.25, 0.3) is 0 Å². The van der Waals surface area contributed by atoms with Crippen LogP contribution in [0.15, 0.2) is 22.7 Å². The lowest BCUT2D eigenvalue weighted by Crippen LogP contribution is -2.26. The Kier molecular flexibility index (Phi) is 3.62. The Hall–Kier alpha value is -0.0500. The number of nitrogens with two attached hydrogens (primary N) is 1. The van der Waals surface area contributed by atoms with E-state index in [0.29, 0.717) is 5.02 Å². The number of hydrogen-bond donors (Lipinski definition) is 1. The molecular weight excluding hydrogens is 261 g/mol. The van der Waals surface area contributed by atoms with E-state index < -0.39 is 0 Å². The first-order valence-corrected chi connectivity index (χ1v) is 5.70. The van der Waals surface area contributed by atoms with Crippen molar-refractivity contribution in [3.63, 3.8) is 0 Å². The zero-order chi connectivity index (χ0) is 10.9. The third-order valence-corrected chi connectivity index (χ3v) is 3.47. The molecule has 1 rings (SSSR count). The van der Waals surface area contributed by atoms with Gasteiger partial charge in [0.05, 0.1) is 5.02 Å². The Morgan fingerprint density at radius 3 is 2.36 bits per heavy atom. The normalized spacial score (nSPS) is 14.1. The predicted molar refractivity (Wildman–Crippen MR) is 65.5 cm³/mol. The molecule has 0 bridgehead atoms. The average Bonchev–Trinajstić information content (AvgIpc) is 2.07. The smallest absolute Gasteiger partial charge is 0.0551 e. The molecule has 0 fully saturated rings. The summed E-state index contributed by atoms with van der Waals surface area (Å²) in [6, 6.07) is 5.87. The summed E-state index contributed by atoms with van der Waals surface area (Å²) in [6.45, 7) is 6.36. The minimum atomic E-state index is 0.00750. The molecule has 0 aliphatic rings. The van der Waals surface area contributed by atoms with Gasteiger partial charge in [-0.3, -0.25) is 0 Å². The lowest BCUT2D eigenvalue weighted by molar-refractivity contribution is 0.327. The molecule has 14 heavy (non-hydrogen) atoms. The molecule has 0 spiro atoms. The van der Waals surface area contributed by atoms with Gasteiger partial charge in [-0.15, -0.1) is 0 Å². The van der Waals surface area contributed by atoms with Crippen LogP contribution in [0.1, 0.15) is 32.4 Å². The van der Waals surface area contributed by atoms with Crippen LogP contribution in [0.2, 0.25) is 5.02 Å². The first-order chi connectivity index (χ1) is 6.32. The van der Waals surface area contributed by atoms with Crippen molar-refractivity contribution in [2.45, 2.75) is 26.8 Å². The van der Waals surface area contributed by atoms with Crippen molar-refractivity contribution in [2.24, 2.45) is 11.1 Å². The van der Waals surface area contributed by atoms with E-state index in [-0.39, 0.29) is 11.5 Å². The Morgan fingerprint density at radius 2 is 1.93 bits per heavy atom. The van der Waals surface area contributed by atoms with Crippen LogP contribution in [0.4, 0.5) is 0 Å². The van der Waals surface area contributed by atoms with Crippen LogP contribution in [0.3, 0.4) is 0 Å². The second kappa shape index (κ2) is 4.21. The molecule has 0 unspecified atom stereocenters. The molecule has 0 saturated heterocycles. The van der Waals surface area contributed by atoms with Gasteiger partial charge >= 0.3 is 0 Å². The summed E-state index contributed by atoms with van der Waals surface area (Å²) in [4.78, 5) is 0. The van der Waals surface area contributed by atoms with E-state index in [9.17, 15) is 0 Å². The number of hydrogen-bond acceptors (Lipinski definition) is 1. The van der Waals surface area contributed by atoms with Gasteiger partial charge in [-0.25, -0.2) is 0 Å². The fraction of sp³-hybridized carbons (Fsp3) is 0.455. The zero-order valence-corrected chi connectivity index (χ0v) is 11.0. The van der Waals surface area contributed by atoms with Crippen LogP contribution in [-0.4, -0.2) is 0 Å². The minimum absolute atomic E-state index is 0.00750. The maximum atomic E-state index is 6.12. The zero-order valence-electron chi connectivity index (χ0n) is 8.64. The van der Waals surface area contributed by atoms with Crippen molar-refractivity contribution >= 4 is 27.5 Å². The molecule has 3 heteroatoms. The van der Waals surface area contributed by atoms with Crippen LogP contribution in [0, 0.1) is 5.41 Å². The molecule has 0 amide bonds. The van der Waals surface area contributed by atoms with Crippen molar-refractivity contribution in [3.8, 4) is 0 Å². The fourth-order valence-corrected chi connectivity index (χ4v) is 1.64. The summed E-state index contributed by atoms with van der Waals surface area (Å²) >= 11 is 9.36. The number of halogens is 2. The van der Waals surface area contributed by atoms with E-state index in [1.165, 1.54) is 0 Å². The standard InChI is InChI=1S/C11H15BrClN/c1-11(2,3)10(14)7-4-5-8(12)9(13)6-7/h4-6,10H,14H2,1-3H3/t10-/m0/s1. The van der Waals surface area contributed by atoms with E-state index in [1.54, 1.807) is 0 Å². The quantitative estimate of drug-likeness (QED) is 0.819. The summed E-state index contributed by atoms with van der Waals surface area (Å²) in [7, 11) is 0. The lowest BCUT2D eigenvalue weighted by atomic mass is 9.83. The Balaban J connectivity index is 3.03. The lowest BCUT2D eigenvalue weighted by Gasteiger charge is -2.27. The van der Waals surface area contributed by atoms with Crippen molar-refractivity contribution in [3.05, 3.63) is 33.3 Å². The van der Waals surface area contributed by atoms with Crippen LogP contribution in [0.25, 0.3) is 0 Å². The maximum absolute atomic E-state index is 6.12. The third kappa shape index (κ3) is 2.72. The van der Waals surface area contributed by atoms with Crippen molar-refractivity contribution in [2.75, 3.05) is 0 Å². The number of rotatable bonds is 1. The molecule has 0 heterocycles. The molecule has 1 aromatic rings. The summed E-state index contributed by atoms with van der Waals surface area (Å²) in [6.07, 6.45) is 0. The fourth-order valence-electron chi connectivity index (χ4n) is 1.21. The molecule has 0 aromatic heterocycles. The van der Waals surface area contributed by atoms with Gasteiger partial charge in [0.1, 0.15) is 0 Å². The molecule has 0 saturated carbocycles. The van der Waals surface area contributed by atoms with Gasteiger partial charge in [0.15, 0.2) is 0 Å². The molecule has 0 radical (unpaired) electrons. The summed E-state index contributed by atoms with van der Waals surface area (Å²) < 4.78 is 0.907. The molecule has 1 nitrogen and oxygen atoms in total. The van der Waals surface area contributed by atoms with Gasteiger partial charge in [-0.2, -0.15) is 0 Å². The Morgan fingerprint density at radius 1 is 1.36 bits per heavy atom. The van der Waals surface area contributed by atoms with Crippen molar-refractivity contribution in [1.82, 2.24) is 0 Å². The van der Waals surface area contributed by atoms with Gasteiger partial charge in [-0.05, 0) is 39.0 Å². The first kappa shape index (κ1) is 12.0. The third-order valence-electron chi connectivity index (χ3n) is 2.24. The second-order valence-corrected chi connectivity index (χ2v) is 5.78. The van der Waals surface area contributed by atoms with E-state index in [4.69, 9.17) is 17.3 Å². The monoisotopic (exact) mass is 275 g/mol. The van der Waals surface area contributed by atoms with Gasteiger partial charge in [0, 0.05) is 10.5 Å². The van der Waals surface area contributed by atoms with E-state index in [0.717, 1.165) is 10.0 Å². The Bertz CT molecular complexity index is 331. The largest absolute Gasteiger partial charge is 0.324 e. The highest BCUT2D eigenvalue weighted by Crippen LogP contribution is 2.33. The van der Waals surface area contributed by atoms with Crippen molar-refractivity contribution < 1.29 is 0 Å². The second-order valence-electron chi connectivity index (χ2n) is 4.52. The summed E-state index contributed by atoms with van der Waals surface area (Å²) in [5, 5.41) is 0.710.